The molecule has 2 N–H and O–H groups in total. The molecule has 0 spiro atoms. The van der Waals surface area contributed by atoms with Crippen molar-refractivity contribution in [3.63, 3.8) is 0 Å². The summed E-state index contributed by atoms with van der Waals surface area (Å²) in [5, 5.41) is 12.4. The van der Waals surface area contributed by atoms with Crippen LogP contribution < -0.4 is 5.32 Å². The Morgan fingerprint density at radius 1 is 1.40 bits per heavy atom. The summed E-state index contributed by atoms with van der Waals surface area (Å²) in [6.07, 6.45) is 3.98. The lowest BCUT2D eigenvalue weighted by Crippen LogP contribution is -2.49. The highest BCUT2D eigenvalue weighted by molar-refractivity contribution is 4.92. The zero-order chi connectivity index (χ0) is 6.97. The lowest BCUT2D eigenvalue weighted by molar-refractivity contribution is 0.139. The van der Waals surface area contributed by atoms with Crippen LogP contribution in [0.25, 0.3) is 0 Å². The summed E-state index contributed by atoms with van der Waals surface area (Å²) < 4.78 is 0. The fraction of sp³-hybridized carbons (Fsp3) is 1.00. The predicted octanol–water partition coefficient (Wildman–Crippen LogP) is 0.367. The van der Waals surface area contributed by atoms with Crippen LogP contribution in [0.15, 0.2) is 0 Å². The van der Waals surface area contributed by atoms with Gasteiger partial charge in [0.2, 0.25) is 0 Å². The molecule has 2 rings (SSSR count). The second kappa shape index (κ2) is 2.51. The van der Waals surface area contributed by atoms with E-state index in [-0.39, 0.29) is 0 Å². The molecule has 1 aliphatic carbocycles. The topological polar surface area (TPSA) is 32.3 Å². The van der Waals surface area contributed by atoms with E-state index in [1.54, 1.807) is 0 Å². The highest BCUT2D eigenvalue weighted by Crippen LogP contribution is 2.39. The molecule has 58 valence electrons. The first-order chi connectivity index (χ1) is 4.92. The molecular formula is C8H15NO. The van der Waals surface area contributed by atoms with Crippen molar-refractivity contribution in [2.45, 2.75) is 25.3 Å². The third kappa shape index (κ3) is 1.06. The lowest BCUT2D eigenvalue weighted by atomic mass is 9.88. The molecule has 2 unspecified atom stereocenters. The predicted molar refractivity (Wildman–Crippen MR) is 39.7 cm³/mol. The molecule has 2 heteroatoms. The fourth-order valence-electron chi connectivity index (χ4n) is 1.81. The van der Waals surface area contributed by atoms with Gasteiger partial charge in [0.25, 0.3) is 0 Å². The molecule has 2 atom stereocenters. The van der Waals surface area contributed by atoms with Crippen molar-refractivity contribution >= 4 is 0 Å². The van der Waals surface area contributed by atoms with Gasteiger partial charge in [0, 0.05) is 18.6 Å². The SMILES string of the molecule is OCC(C1CC1)C1CCN1. The van der Waals surface area contributed by atoms with Crippen LogP contribution in [0.2, 0.25) is 0 Å². The zero-order valence-electron chi connectivity index (χ0n) is 6.21. The molecule has 0 amide bonds. The van der Waals surface area contributed by atoms with Crippen LogP contribution in [0.1, 0.15) is 19.3 Å². The van der Waals surface area contributed by atoms with Gasteiger partial charge in [-0.2, -0.15) is 0 Å². The van der Waals surface area contributed by atoms with Gasteiger partial charge >= 0.3 is 0 Å². The molecule has 2 aliphatic rings. The second-order valence-electron chi connectivity index (χ2n) is 3.53. The number of nitrogens with one attached hydrogen (secondary N) is 1. The van der Waals surface area contributed by atoms with E-state index in [0.29, 0.717) is 18.6 Å². The fourth-order valence-corrected chi connectivity index (χ4v) is 1.81. The summed E-state index contributed by atoms with van der Waals surface area (Å²) in [4.78, 5) is 0. The maximum Gasteiger partial charge on any atom is 0.0476 e. The molecule has 1 heterocycles. The van der Waals surface area contributed by atoms with Crippen molar-refractivity contribution in [1.82, 2.24) is 5.32 Å². The third-order valence-electron chi connectivity index (χ3n) is 2.82. The van der Waals surface area contributed by atoms with E-state index in [0.717, 1.165) is 12.5 Å². The molecule has 1 saturated carbocycles. The molecule has 1 aliphatic heterocycles. The van der Waals surface area contributed by atoms with E-state index in [9.17, 15) is 0 Å². The van der Waals surface area contributed by atoms with Crippen molar-refractivity contribution in [1.29, 1.82) is 0 Å². The number of hydrogen-bond acceptors (Lipinski definition) is 2. The Labute approximate surface area is 61.6 Å². The summed E-state index contributed by atoms with van der Waals surface area (Å²) in [5.74, 6) is 1.43. The van der Waals surface area contributed by atoms with Gasteiger partial charge < -0.3 is 10.4 Å². The normalized spacial score (nSPS) is 35.1. The monoisotopic (exact) mass is 141 g/mol. The maximum atomic E-state index is 9.03. The minimum Gasteiger partial charge on any atom is -0.396 e. The quantitative estimate of drug-likeness (QED) is 0.595. The van der Waals surface area contributed by atoms with Crippen LogP contribution >= 0.6 is 0 Å². The molecule has 2 fully saturated rings. The Morgan fingerprint density at radius 3 is 2.40 bits per heavy atom. The average Bonchev–Trinajstić information content (AvgIpc) is 2.58. The smallest absolute Gasteiger partial charge is 0.0476 e. The van der Waals surface area contributed by atoms with Crippen molar-refractivity contribution in [2.24, 2.45) is 11.8 Å². The van der Waals surface area contributed by atoms with Gasteiger partial charge in [-0.25, -0.2) is 0 Å². The van der Waals surface area contributed by atoms with E-state index in [4.69, 9.17) is 5.11 Å². The molecule has 0 radical (unpaired) electrons. The third-order valence-corrected chi connectivity index (χ3v) is 2.82. The highest BCUT2D eigenvalue weighted by atomic mass is 16.3. The Balaban J connectivity index is 1.84. The standard InChI is InChI=1S/C8H15NO/c10-5-7(6-1-2-6)8-3-4-9-8/h6-10H,1-5H2. The van der Waals surface area contributed by atoms with Gasteiger partial charge in [0.1, 0.15) is 0 Å². The molecule has 2 nitrogen and oxygen atoms in total. The van der Waals surface area contributed by atoms with Gasteiger partial charge in [-0.1, -0.05) is 0 Å². The van der Waals surface area contributed by atoms with Gasteiger partial charge in [-0.05, 0) is 31.7 Å². The summed E-state index contributed by atoms with van der Waals surface area (Å²) in [7, 11) is 0. The maximum absolute atomic E-state index is 9.03. The first kappa shape index (κ1) is 6.62. The van der Waals surface area contributed by atoms with E-state index in [2.05, 4.69) is 5.32 Å². The molecule has 10 heavy (non-hydrogen) atoms. The van der Waals surface area contributed by atoms with E-state index >= 15 is 0 Å². The second-order valence-corrected chi connectivity index (χ2v) is 3.53. The van der Waals surface area contributed by atoms with Crippen LogP contribution in [0.4, 0.5) is 0 Å². The molecule has 0 aromatic heterocycles. The first-order valence-electron chi connectivity index (χ1n) is 4.26. The largest absolute Gasteiger partial charge is 0.396 e. The minimum absolute atomic E-state index is 0.391. The summed E-state index contributed by atoms with van der Waals surface area (Å²) in [6.45, 7) is 1.55. The first-order valence-corrected chi connectivity index (χ1v) is 4.26. The van der Waals surface area contributed by atoms with Crippen LogP contribution in [0.5, 0.6) is 0 Å². The van der Waals surface area contributed by atoms with E-state index in [1.165, 1.54) is 19.3 Å². The molecule has 0 bridgehead atoms. The molecule has 1 saturated heterocycles. The zero-order valence-corrected chi connectivity index (χ0v) is 6.21. The van der Waals surface area contributed by atoms with Crippen molar-refractivity contribution in [2.75, 3.05) is 13.2 Å². The van der Waals surface area contributed by atoms with Crippen molar-refractivity contribution in [3.05, 3.63) is 0 Å². The average molecular weight is 141 g/mol. The number of hydrogen-bond donors (Lipinski definition) is 2. The highest BCUT2D eigenvalue weighted by Gasteiger charge is 2.37. The van der Waals surface area contributed by atoms with Gasteiger partial charge in [-0.15, -0.1) is 0 Å². The number of aliphatic hydroxyl groups is 1. The molecule has 0 aromatic rings. The van der Waals surface area contributed by atoms with Gasteiger partial charge in [0.05, 0.1) is 0 Å². The van der Waals surface area contributed by atoms with E-state index in [1.807, 2.05) is 0 Å². The van der Waals surface area contributed by atoms with Crippen molar-refractivity contribution in [3.8, 4) is 0 Å². The number of rotatable bonds is 3. The van der Waals surface area contributed by atoms with Crippen LogP contribution in [0.3, 0.4) is 0 Å². The Bertz CT molecular complexity index is 118. The lowest BCUT2D eigenvalue weighted by Gasteiger charge is -2.34. The summed E-state index contributed by atoms with van der Waals surface area (Å²) in [6, 6.07) is 0.650. The van der Waals surface area contributed by atoms with Crippen LogP contribution in [0, 0.1) is 11.8 Å². The Kier molecular flexibility index (Phi) is 1.66. The Hall–Kier alpha value is -0.0800. The van der Waals surface area contributed by atoms with E-state index < -0.39 is 0 Å². The minimum atomic E-state index is 0.391. The van der Waals surface area contributed by atoms with Crippen LogP contribution in [-0.4, -0.2) is 24.3 Å². The summed E-state index contributed by atoms with van der Waals surface area (Å²) >= 11 is 0. The van der Waals surface area contributed by atoms with Crippen molar-refractivity contribution < 1.29 is 5.11 Å². The van der Waals surface area contributed by atoms with Gasteiger partial charge in [-0.3, -0.25) is 0 Å². The number of aliphatic hydroxyl groups excluding tert-OH is 1. The summed E-state index contributed by atoms with van der Waals surface area (Å²) in [5.41, 5.74) is 0. The van der Waals surface area contributed by atoms with Crippen LogP contribution in [-0.2, 0) is 0 Å². The molecular weight excluding hydrogens is 126 g/mol. The Morgan fingerprint density at radius 2 is 2.10 bits per heavy atom. The molecule has 0 aromatic carbocycles. The van der Waals surface area contributed by atoms with Gasteiger partial charge in [0.15, 0.2) is 0 Å².